The fraction of sp³-hybridized carbons (Fsp3) is 0.188. The molecule has 0 aliphatic rings. The highest BCUT2D eigenvalue weighted by atomic mass is 32.1. The smallest absolute Gasteiger partial charge is 0.317 e. The highest BCUT2D eigenvalue weighted by Gasteiger charge is 2.14. The summed E-state index contributed by atoms with van der Waals surface area (Å²) in [4.78, 5) is 24.5. The number of aryl methyl sites for hydroxylation is 2. The van der Waals surface area contributed by atoms with Crippen molar-refractivity contribution in [2.75, 3.05) is 5.32 Å². The zero-order valence-corrected chi connectivity index (χ0v) is 13.5. The lowest BCUT2D eigenvalue weighted by molar-refractivity contribution is -0.136. The number of anilines is 1. The van der Waals surface area contributed by atoms with Gasteiger partial charge in [-0.1, -0.05) is 12.1 Å². The van der Waals surface area contributed by atoms with E-state index in [1.165, 1.54) is 17.6 Å². The van der Waals surface area contributed by atoms with Crippen molar-refractivity contribution in [2.24, 2.45) is 5.10 Å². The summed E-state index contributed by atoms with van der Waals surface area (Å²) < 4.78 is 0. The second-order valence-electron chi connectivity index (χ2n) is 4.87. The molecule has 6 heteroatoms. The predicted octanol–water partition coefficient (Wildman–Crippen LogP) is 2.76. The summed E-state index contributed by atoms with van der Waals surface area (Å²) in [6.45, 7) is 5.78. The van der Waals surface area contributed by atoms with Gasteiger partial charge in [0.15, 0.2) is 0 Å². The third-order valence-corrected chi connectivity index (χ3v) is 4.26. The molecule has 2 N–H and O–H groups in total. The van der Waals surface area contributed by atoms with E-state index in [0.717, 1.165) is 21.6 Å². The lowest BCUT2D eigenvalue weighted by atomic mass is 10.1. The first-order valence-corrected chi connectivity index (χ1v) is 7.61. The number of carbonyl (C=O) groups excluding carboxylic acids is 2. The van der Waals surface area contributed by atoms with E-state index in [-0.39, 0.29) is 0 Å². The molecule has 5 nitrogen and oxygen atoms in total. The van der Waals surface area contributed by atoms with Crippen LogP contribution in [0.2, 0.25) is 0 Å². The Bertz CT molecular complexity index is 735. The highest BCUT2D eigenvalue weighted by Crippen LogP contribution is 2.17. The van der Waals surface area contributed by atoms with Crippen molar-refractivity contribution < 1.29 is 9.59 Å². The number of benzene rings is 1. The van der Waals surface area contributed by atoms with Gasteiger partial charge in [-0.05, 0) is 55.0 Å². The van der Waals surface area contributed by atoms with Gasteiger partial charge in [-0.2, -0.15) is 5.10 Å². The van der Waals surface area contributed by atoms with Gasteiger partial charge in [0.25, 0.3) is 0 Å². The molecule has 0 radical (unpaired) electrons. The molecule has 0 saturated heterocycles. The first-order valence-electron chi connectivity index (χ1n) is 6.73. The molecule has 114 valence electrons. The second-order valence-corrected chi connectivity index (χ2v) is 5.82. The van der Waals surface area contributed by atoms with Crippen molar-refractivity contribution in [1.29, 1.82) is 0 Å². The van der Waals surface area contributed by atoms with Crippen LogP contribution in [0.3, 0.4) is 0 Å². The zero-order valence-electron chi connectivity index (χ0n) is 12.6. The molecular weight excluding hydrogens is 298 g/mol. The van der Waals surface area contributed by atoms with Gasteiger partial charge < -0.3 is 5.32 Å². The van der Waals surface area contributed by atoms with E-state index in [9.17, 15) is 9.59 Å². The van der Waals surface area contributed by atoms with Crippen molar-refractivity contribution >= 4 is 35.1 Å². The summed E-state index contributed by atoms with van der Waals surface area (Å²) in [6.07, 6.45) is 1.53. The van der Waals surface area contributed by atoms with Crippen LogP contribution in [-0.4, -0.2) is 18.0 Å². The lowest BCUT2D eigenvalue weighted by Gasteiger charge is -2.09. The Hall–Kier alpha value is -2.47. The van der Waals surface area contributed by atoms with Gasteiger partial charge in [0, 0.05) is 10.6 Å². The third kappa shape index (κ3) is 3.79. The fourth-order valence-corrected chi connectivity index (χ4v) is 2.57. The first kappa shape index (κ1) is 15.9. The Morgan fingerprint density at radius 1 is 1.09 bits per heavy atom. The molecule has 1 aromatic carbocycles. The summed E-state index contributed by atoms with van der Waals surface area (Å²) in [5.41, 5.74) is 5.90. The summed E-state index contributed by atoms with van der Waals surface area (Å²) in [5.74, 6) is -1.54. The van der Waals surface area contributed by atoms with Crippen LogP contribution >= 0.6 is 11.3 Å². The Balaban J connectivity index is 1.95. The van der Waals surface area contributed by atoms with Crippen LogP contribution in [0.25, 0.3) is 0 Å². The molecule has 0 spiro atoms. The van der Waals surface area contributed by atoms with E-state index < -0.39 is 11.8 Å². The van der Waals surface area contributed by atoms with Crippen LogP contribution in [-0.2, 0) is 9.59 Å². The minimum Gasteiger partial charge on any atom is -0.317 e. The monoisotopic (exact) mass is 315 g/mol. The average Bonchev–Trinajstić information content (AvgIpc) is 2.89. The molecule has 22 heavy (non-hydrogen) atoms. The highest BCUT2D eigenvalue weighted by molar-refractivity contribution is 7.11. The Kier molecular flexibility index (Phi) is 5.06. The summed E-state index contributed by atoms with van der Waals surface area (Å²) in [6, 6.07) is 7.49. The maximum atomic E-state index is 11.8. The third-order valence-electron chi connectivity index (χ3n) is 3.31. The second kappa shape index (κ2) is 7.00. The van der Waals surface area contributed by atoms with Crippen molar-refractivity contribution in [2.45, 2.75) is 20.8 Å². The molecule has 2 aromatic rings. The molecule has 0 saturated carbocycles. The van der Waals surface area contributed by atoms with E-state index in [1.807, 2.05) is 44.4 Å². The lowest BCUT2D eigenvalue weighted by Crippen LogP contribution is -2.32. The molecule has 1 aromatic heterocycles. The van der Waals surface area contributed by atoms with Gasteiger partial charge in [0.2, 0.25) is 0 Å². The molecule has 2 amide bonds. The standard InChI is InChI=1S/C16H17N3O2S/c1-10-5-4-6-13(12(10)3)18-15(20)16(21)19-17-9-14-11(2)7-8-22-14/h4-9H,1-3H3,(H,18,20)(H,19,21)/b17-9-. The zero-order chi connectivity index (χ0) is 16.1. The van der Waals surface area contributed by atoms with Crippen molar-refractivity contribution in [3.05, 3.63) is 51.2 Å². The van der Waals surface area contributed by atoms with Crippen LogP contribution < -0.4 is 10.7 Å². The SMILES string of the molecule is Cc1ccsc1/C=N\NC(=O)C(=O)Nc1cccc(C)c1C. The minimum absolute atomic E-state index is 0.623. The van der Waals surface area contributed by atoms with Gasteiger partial charge in [-0.3, -0.25) is 9.59 Å². The number of hydrogen-bond acceptors (Lipinski definition) is 4. The molecule has 0 unspecified atom stereocenters. The van der Waals surface area contributed by atoms with Crippen LogP contribution in [0.15, 0.2) is 34.7 Å². The molecular formula is C16H17N3O2S. The molecule has 0 aliphatic heterocycles. The maximum Gasteiger partial charge on any atom is 0.329 e. The molecule has 1 heterocycles. The van der Waals surface area contributed by atoms with Crippen molar-refractivity contribution in [3.63, 3.8) is 0 Å². The summed E-state index contributed by atoms with van der Waals surface area (Å²) >= 11 is 1.51. The van der Waals surface area contributed by atoms with Crippen LogP contribution in [0.1, 0.15) is 21.6 Å². The normalized spacial score (nSPS) is 10.7. The molecule has 2 rings (SSSR count). The van der Waals surface area contributed by atoms with Gasteiger partial charge in [-0.15, -0.1) is 11.3 Å². The van der Waals surface area contributed by atoms with Gasteiger partial charge in [0.05, 0.1) is 6.21 Å². The molecule has 0 bridgehead atoms. The van der Waals surface area contributed by atoms with Crippen LogP contribution in [0.5, 0.6) is 0 Å². The number of carbonyl (C=O) groups is 2. The average molecular weight is 315 g/mol. The van der Waals surface area contributed by atoms with E-state index >= 15 is 0 Å². The van der Waals surface area contributed by atoms with E-state index in [0.29, 0.717) is 5.69 Å². The first-order chi connectivity index (χ1) is 10.5. The fourth-order valence-electron chi connectivity index (χ4n) is 1.78. The number of hydrazone groups is 1. The van der Waals surface area contributed by atoms with Gasteiger partial charge in [-0.25, -0.2) is 5.43 Å². The Labute approximate surface area is 133 Å². The minimum atomic E-state index is -0.800. The molecule has 0 fully saturated rings. The largest absolute Gasteiger partial charge is 0.329 e. The van der Waals surface area contributed by atoms with E-state index in [4.69, 9.17) is 0 Å². The van der Waals surface area contributed by atoms with E-state index in [2.05, 4.69) is 15.8 Å². The number of nitrogens with one attached hydrogen (secondary N) is 2. The van der Waals surface area contributed by atoms with E-state index in [1.54, 1.807) is 6.07 Å². The number of thiophene rings is 1. The van der Waals surface area contributed by atoms with Crippen LogP contribution in [0.4, 0.5) is 5.69 Å². The summed E-state index contributed by atoms with van der Waals surface area (Å²) in [5, 5.41) is 8.32. The molecule has 0 aliphatic carbocycles. The van der Waals surface area contributed by atoms with Gasteiger partial charge in [0.1, 0.15) is 0 Å². The number of nitrogens with zero attached hydrogens (tertiary/aromatic N) is 1. The Morgan fingerprint density at radius 2 is 1.86 bits per heavy atom. The van der Waals surface area contributed by atoms with Gasteiger partial charge >= 0.3 is 11.8 Å². The maximum absolute atomic E-state index is 11.8. The summed E-state index contributed by atoms with van der Waals surface area (Å²) in [7, 11) is 0. The number of rotatable bonds is 3. The quantitative estimate of drug-likeness (QED) is 0.519. The topological polar surface area (TPSA) is 70.6 Å². The number of hydrogen-bond donors (Lipinski definition) is 2. The van der Waals surface area contributed by atoms with Crippen LogP contribution in [0, 0.1) is 20.8 Å². The Morgan fingerprint density at radius 3 is 2.55 bits per heavy atom. The molecule has 0 atom stereocenters. The van der Waals surface area contributed by atoms with Crippen molar-refractivity contribution in [1.82, 2.24) is 5.43 Å². The number of amides is 2. The predicted molar refractivity (Wildman–Crippen MR) is 89.3 cm³/mol. The van der Waals surface area contributed by atoms with Crippen molar-refractivity contribution in [3.8, 4) is 0 Å².